The van der Waals surface area contributed by atoms with Crippen LogP contribution in [-0.2, 0) is 21.1 Å². The van der Waals surface area contributed by atoms with Gasteiger partial charge in [0, 0.05) is 12.8 Å². The summed E-state index contributed by atoms with van der Waals surface area (Å²) in [4.78, 5) is 10.5. The third-order valence-electron chi connectivity index (χ3n) is 1.16. The average Bonchev–Trinajstić information content (AvgIpc) is 2.14. The molecule has 0 aromatic carbocycles. The molecule has 1 unspecified atom stereocenters. The standard InChI is InChI=1S/C6H13FNO2PS2/c1-3-10-11(12,8(2)6-9)13-5-4-7/h6H,3-5H2,1-2H3. The number of nitrogens with zero attached hydrogens (tertiary/aromatic N) is 1. The Bertz CT molecular complexity index is 205. The molecule has 0 aliphatic heterocycles. The maximum atomic E-state index is 11.9. The summed E-state index contributed by atoms with van der Waals surface area (Å²) >= 11 is 6.37. The zero-order valence-electron chi connectivity index (χ0n) is 7.60. The Morgan fingerprint density at radius 2 is 2.38 bits per heavy atom. The zero-order chi connectivity index (χ0) is 10.3. The van der Waals surface area contributed by atoms with Crippen LogP contribution in [-0.4, -0.2) is 37.2 Å². The highest BCUT2D eigenvalue weighted by Gasteiger charge is 2.22. The van der Waals surface area contributed by atoms with Crippen molar-refractivity contribution in [2.45, 2.75) is 6.92 Å². The molecule has 0 aliphatic carbocycles. The van der Waals surface area contributed by atoms with Crippen LogP contribution in [0.2, 0.25) is 0 Å². The fraction of sp³-hybridized carbons (Fsp3) is 0.833. The van der Waals surface area contributed by atoms with Gasteiger partial charge < -0.3 is 4.52 Å². The van der Waals surface area contributed by atoms with Crippen LogP contribution in [0.1, 0.15) is 6.92 Å². The van der Waals surface area contributed by atoms with E-state index in [0.29, 0.717) is 13.0 Å². The van der Waals surface area contributed by atoms with Gasteiger partial charge in [0.1, 0.15) is 0 Å². The second-order valence-corrected chi connectivity index (χ2v) is 9.02. The highest BCUT2D eigenvalue weighted by atomic mass is 32.9. The minimum absolute atomic E-state index is 0.273. The molecule has 7 heteroatoms. The molecule has 0 rings (SSSR count). The summed E-state index contributed by atoms with van der Waals surface area (Å²) in [6.45, 7) is 1.78. The maximum absolute atomic E-state index is 11.9. The molecule has 0 saturated carbocycles. The molecular weight excluding hydrogens is 232 g/mol. The second-order valence-electron chi connectivity index (χ2n) is 2.09. The SMILES string of the molecule is CCOP(=S)(SCCF)N(C)C=O. The first-order valence-electron chi connectivity index (χ1n) is 3.74. The zero-order valence-corrected chi connectivity index (χ0v) is 10.1. The minimum atomic E-state index is -2.35. The van der Waals surface area contributed by atoms with Crippen molar-refractivity contribution in [2.75, 3.05) is 26.1 Å². The van der Waals surface area contributed by atoms with Crippen molar-refractivity contribution in [3.8, 4) is 0 Å². The fourth-order valence-electron chi connectivity index (χ4n) is 0.590. The van der Waals surface area contributed by atoms with Crippen molar-refractivity contribution in [3.63, 3.8) is 0 Å². The third-order valence-corrected chi connectivity index (χ3v) is 7.93. The lowest BCUT2D eigenvalue weighted by molar-refractivity contribution is -0.113. The van der Waals surface area contributed by atoms with Crippen LogP contribution in [0, 0.1) is 0 Å². The van der Waals surface area contributed by atoms with Gasteiger partial charge in [-0.1, -0.05) is 11.4 Å². The number of amides is 1. The van der Waals surface area contributed by atoms with Crippen molar-refractivity contribution in [1.82, 2.24) is 4.67 Å². The molecule has 0 fully saturated rings. The van der Waals surface area contributed by atoms with Crippen LogP contribution in [0.25, 0.3) is 0 Å². The molecule has 1 atom stereocenters. The van der Waals surface area contributed by atoms with E-state index in [2.05, 4.69) is 0 Å². The van der Waals surface area contributed by atoms with Gasteiger partial charge in [-0.05, 0) is 18.7 Å². The Hall–Kier alpha value is 0.360. The topological polar surface area (TPSA) is 29.5 Å². The Morgan fingerprint density at radius 3 is 2.77 bits per heavy atom. The quantitative estimate of drug-likeness (QED) is 0.507. The number of alkyl halides is 1. The van der Waals surface area contributed by atoms with E-state index in [4.69, 9.17) is 16.3 Å². The molecule has 0 N–H and O–H groups in total. The molecule has 0 aromatic rings. The molecule has 0 saturated heterocycles. The van der Waals surface area contributed by atoms with Gasteiger partial charge in [-0.3, -0.25) is 13.9 Å². The fourth-order valence-corrected chi connectivity index (χ4v) is 4.97. The molecule has 0 radical (unpaired) electrons. The lowest BCUT2D eigenvalue weighted by Crippen LogP contribution is -2.12. The first-order valence-corrected chi connectivity index (χ1v) is 8.00. The van der Waals surface area contributed by atoms with Crippen molar-refractivity contribution >= 4 is 35.2 Å². The summed E-state index contributed by atoms with van der Waals surface area (Å²) in [6, 6.07) is 0. The van der Waals surface area contributed by atoms with Gasteiger partial charge in [0.2, 0.25) is 12.0 Å². The molecular formula is C6H13FNO2PS2. The van der Waals surface area contributed by atoms with Crippen LogP contribution in [0.5, 0.6) is 0 Å². The Kier molecular flexibility index (Phi) is 6.95. The van der Waals surface area contributed by atoms with E-state index in [1.807, 2.05) is 0 Å². The molecule has 1 amide bonds. The molecule has 13 heavy (non-hydrogen) atoms. The van der Waals surface area contributed by atoms with Crippen LogP contribution < -0.4 is 0 Å². The number of hydrogen-bond acceptors (Lipinski definition) is 4. The Balaban J connectivity index is 4.32. The highest BCUT2D eigenvalue weighted by molar-refractivity contribution is 8.68. The molecule has 78 valence electrons. The first kappa shape index (κ1) is 13.4. The minimum Gasteiger partial charge on any atom is -0.327 e. The van der Waals surface area contributed by atoms with Crippen molar-refractivity contribution < 1.29 is 13.7 Å². The molecule has 0 aliphatic rings. The molecule has 3 nitrogen and oxygen atoms in total. The van der Waals surface area contributed by atoms with E-state index in [1.54, 1.807) is 14.0 Å². The van der Waals surface area contributed by atoms with Gasteiger partial charge in [-0.15, -0.1) is 0 Å². The number of rotatable bonds is 7. The van der Waals surface area contributed by atoms with Crippen LogP contribution in [0.3, 0.4) is 0 Å². The lowest BCUT2D eigenvalue weighted by Gasteiger charge is -2.26. The van der Waals surface area contributed by atoms with Crippen molar-refractivity contribution in [2.24, 2.45) is 0 Å². The predicted molar refractivity (Wildman–Crippen MR) is 58.2 cm³/mol. The second kappa shape index (κ2) is 6.76. The molecule has 0 bridgehead atoms. The number of hydrogen-bond donors (Lipinski definition) is 0. The summed E-state index contributed by atoms with van der Waals surface area (Å²) in [6.07, 6.45) is 0.627. The van der Waals surface area contributed by atoms with Crippen LogP contribution in [0.4, 0.5) is 4.39 Å². The normalized spacial score (nSPS) is 15.0. The van der Waals surface area contributed by atoms with E-state index in [9.17, 15) is 9.18 Å². The number of halogens is 1. The highest BCUT2D eigenvalue weighted by Crippen LogP contribution is 2.61. The van der Waals surface area contributed by atoms with E-state index < -0.39 is 12.3 Å². The summed E-state index contributed by atoms with van der Waals surface area (Å²) < 4.78 is 18.5. The van der Waals surface area contributed by atoms with Gasteiger partial charge in [-0.25, -0.2) is 0 Å². The summed E-state index contributed by atoms with van der Waals surface area (Å²) in [5.41, 5.74) is -2.35. The number of carbonyl (C=O) groups excluding carboxylic acids is 1. The largest absolute Gasteiger partial charge is 0.327 e. The average molecular weight is 245 g/mol. The van der Waals surface area contributed by atoms with E-state index in [0.717, 1.165) is 0 Å². The van der Waals surface area contributed by atoms with E-state index in [1.165, 1.54) is 16.1 Å². The van der Waals surface area contributed by atoms with Crippen molar-refractivity contribution in [3.05, 3.63) is 0 Å². The summed E-state index contributed by atoms with van der Waals surface area (Å²) in [5.74, 6) is 0.273. The number of carbonyl (C=O) groups is 1. The smallest absolute Gasteiger partial charge is 0.215 e. The first-order chi connectivity index (χ1) is 6.10. The monoisotopic (exact) mass is 245 g/mol. The summed E-state index contributed by atoms with van der Waals surface area (Å²) in [7, 11) is 1.56. The molecule has 0 heterocycles. The molecule has 0 spiro atoms. The van der Waals surface area contributed by atoms with Crippen LogP contribution >= 0.6 is 17.0 Å². The Morgan fingerprint density at radius 1 is 1.77 bits per heavy atom. The van der Waals surface area contributed by atoms with Crippen molar-refractivity contribution in [1.29, 1.82) is 0 Å². The van der Waals surface area contributed by atoms with E-state index in [-0.39, 0.29) is 5.75 Å². The maximum Gasteiger partial charge on any atom is 0.215 e. The van der Waals surface area contributed by atoms with Gasteiger partial charge in [0.25, 0.3) is 0 Å². The van der Waals surface area contributed by atoms with Crippen LogP contribution in [0.15, 0.2) is 0 Å². The van der Waals surface area contributed by atoms with E-state index >= 15 is 0 Å². The predicted octanol–water partition coefficient (Wildman–Crippen LogP) is 2.04. The van der Waals surface area contributed by atoms with Gasteiger partial charge in [0.15, 0.2) is 0 Å². The lowest BCUT2D eigenvalue weighted by atomic mass is 10.9. The molecule has 0 aromatic heterocycles. The van der Waals surface area contributed by atoms with Gasteiger partial charge in [-0.2, -0.15) is 0 Å². The van der Waals surface area contributed by atoms with Gasteiger partial charge in [0.05, 0.1) is 13.3 Å². The summed E-state index contributed by atoms with van der Waals surface area (Å²) in [5, 5.41) is 0. The third kappa shape index (κ3) is 4.40. The van der Waals surface area contributed by atoms with Gasteiger partial charge >= 0.3 is 0 Å². The Labute approximate surface area is 86.9 Å².